The number of benzene rings is 1. The molecule has 0 aliphatic carbocycles. The number of phenolic OH excluding ortho intramolecular Hbond substituents is 1. The van der Waals surface area contributed by atoms with Crippen LogP contribution >= 0.6 is 0 Å². The molecule has 9 nitrogen and oxygen atoms in total. The maximum atomic E-state index is 12.8. The highest BCUT2D eigenvalue weighted by Crippen LogP contribution is 2.50. The van der Waals surface area contributed by atoms with E-state index < -0.39 is 48.2 Å². The van der Waals surface area contributed by atoms with Crippen molar-refractivity contribution in [2.45, 2.75) is 96.1 Å². The number of esters is 2. The molecule has 4 rings (SSSR count). The van der Waals surface area contributed by atoms with Gasteiger partial charge in [0.25, 0.3) is 0 Å². The number of aryl methyl sites for hydroxylation is 1. The summed E-state index contributed by atoms with van der Waals surface area (Å²) in [6.07, 6.45) is 0.768. The van der Waals surface area contributed by atoms with Crippen molar-refractivity contribution in [2.24, 2.45) is 11.3 Å². The van der Waals surface area contributed by atoms with E-state index in [0.717, 1.165) is 31.2 Å². The molecule has 200 valence electrons. The van der Waals surface area contributed by atoms with Gasteiger partial charge in [0.2, 0.25) is 0 Å². The fourth-order valence-electron chi connectivity index (χ4n) is 5.29. The van der Waals surface area contributed by atoms with Gasteiger partial charge in [0.15, 0.2) is 12.1 Å². The summed E-state index contributed by atoms with van der Waals surface area (Å²) in [6.45, 7) is 5.82. The van der Waals surface area contributed by atoms with E-state index in [0.29, 0.717) is 13.0 Å². The average Bonchev–Trinajstić information content (AvgIpc) is 2.81. The predicted octanol–water partition coefficient (Wildman–Crippen LogP) is 3.24. The van der Waals surface area contributed by atoms with Crippen LogP contribution in [0.5, 0.6) is 5.75 Å². The third-order valence-corrected chi connectivity index (χ3v) is 7.59. The molecule has 0 amide bonds. The number of fused-ring (bicyclic) bond motifs is 2. The van der Waals surface area contributed by atoms with Gasteiger partial charge in [0.1, 0.15) is 18.0 Å². The van der Waals surface area contributed by atoms with E-state index in [1.165, 1.54) is 0 Å². The second-order valence-corrected chi connectivity index (χ2v) is 10.9. The van der Waals surface area contributed by atoms with Gasteiger partial charge < -0.3 is 33.9 Å². The molecule has 0 aromatic heterocycles. The van der Waals surface area contributed by atoms with Gasteiger partial charge in [-0.1, -0.05) is 39.3 Å². The highest BCUT2D eigenvalue weighted by atomic mass is 16.8. The first-order valence-electron chi connectivity index (χ1n) is 12.9. The molecule has 0 saturated carbocycles. The zero-order valence-corrected chi connectivity index (χ0v) is 21.3. The van der Waals surface area contributed by atoms with Crippen molar-refractivity contribution >= 4 is 11.9 Å². The largest absolute Gasteiger partial charge is 0.508 e. The van der Waals surface area contributed by atoms with Crippen LogP contribution in [0.15, 0.2) is 24.3 Å². The Kier molecular flexibility index (Phi) is 8.24. The smallest absolute Gasteiger partial charge is 0.311 e. The zero-order chi connectivity index (χ0) is 25.9. The lowest BCUT2D eigenvalue weighted by atomic mass is 9.74. The minimum atomic E-state index is -1.10. The zero-order valence-electron chi connectivity index (χ0n) is 21.3. The normalized spacial score (nSPS) is 34.6. The molecule has 1 aromatic carbocycles. The molecule has 9 heteroatoms. The molecular weight excluding hydrogens is 468 g/mol. The molecule has 3 bridgehead atoms. The summed E-state index contributed by atoms with van der Waals surface area (Å²) in [5.41, 5.74) is 0.517. The quantitative estimate of drug-likeness (QED) is 0.442. The Morgan fingerprint density at radius 1 is 1.06 bits per heavy atom. The summed E-state index contributed by atoms with van der Waals surface area (Å²) in [7, 11) is 0. The number of unbranched alkanes of at least 4 members (excludes halogenated alkanes) is 1. The number of phenols is 1. The van der Waals surface area contributed by atoms with Crippen LogP contribution in [0, 0.1) is 11.3 Å². The van der Waals surface area contributed by atoms with Crippen LogP contribution in [0.2, 0.25) is 0 Å². The number of carbonyl (C=O) groups excluding carboxylic acids is 2. The molecule has 2 N–H and O–H groups in total. The van der Waals surface area contributed by atoms with Gasteiger partial charge in [-0.2, -0.15) is 0 Å². The maximum absolute atomic E-state index is 12.8. The number of aliphatic hydroxyl groups is 1. The first-order valence-corrected chi connectivity index (χ1v) is 12.9. The van der Waals surface area contributed by atoms with Crippen LogP contribution < -0.4 is 0 Å². The molecule has 3 aliphatic heterocycles. The van der Waals surface area contributed by atoms with Gasteiger partial charge in [0.05, 0.1) is 32.2 Å². The molecule has 0 unspecified atom stereocenters. The standard InChI is InChI=1S/C27H38O9/c1-17-21(10-5-4-7-18-8-6-9-19(29)11-18)35-27-14-22(17)34-23(30)12-20(15-28)33-24(31)13-25(36-27)32-16-26(27,2)3/h6,8-9,11,17,20-22,25,28-29H,4-5,7,10,12-16H2,1-3H3/t17-,20-,21-,22+,25-,27+/m1/s1. The van der Waals surface area contributed by atoms with Crippen molar-refractivity contribution in [2.75, 3.05) is 13.2 Å². The van der Waals surface area contributed by atoms with Gasteiger partial charge in [-0.15, -0.1) is 0 Å². The molecule has 1 aromatic rings. The third kappa shape index (κ3) is 6.02. The Balaban J connectivity index is 1.52. The molecular formula is C27H38O9. The summed E-state index contributed by atoms with van der Waals surface area (Å²) < 4.78 is 30.1. The molecule has 3 saturated heterocycles. The molecule has 3 heterocycles. The van der Waals surface area contributed by atoms with Gasteiger partial charge in [-0.05, 0) is 37.0 Å². The topological polar surface area (TPSA) is 121 Å². The lowest BCUT2D eigenvalue weighted by Crippen LogP contribution is -2.65. The second kappa shape index (κ2) is 11.0. The van der Waals surface area contributed by atoms with E-state index in [1.807, 2.05) is 32.9 Å². The maximum Gasteiger partial charge on any atom is 0.311 e. The van der Waals surface area contributed by atoms with Gasteiger partial charge in [-0.3, -0.25) is 9.59 Å². The summed E-state index contributed by atoms with van der Waals surface area (Å²) in [4.78, 5) is 25.2. The van der Waals surface area contributed by atoms with Crippen LogP contribution in [0.4, 0.5) is 0 Å². The third-order valence-electron chi connectivity index (χ3n) is 7.59. The minimum Gasteiger partial charge on any atom is -0.508 e. The van der Waals surface area contributed by atoms with E-state index >= 15 is 0 Å². The average molecular weight is 507 g/mol. The second-order valence-electron chi connectivity index (χ2n) is 10.9. The highest BCUT2D eigenvalue weighted by molar-refractivity contribution is 5.73. The number of aliphatic hydroxyl groups excluding tert-OH is 1. The SMILES string of the molecule is C[C@H]1[C@@H]2C[C@@]3(O[C@H](CC(=O)O[C@@H](CO)CC(=O)O2)OCC3(C)C)O[C@@H]1CCCCc1cccc(O)c1. The molecule has 3 fully saturated rings. The number of ether oxygens (including phenoxy) is 5. The van der Waals surface area contributed by atoms with Crippen LogP contribution in [-0.4, -0.2) is 65.8 Å². The Morgan fingerprint density at radius 2 is 1.83 bits per heavy atom. The fraction of sp³-hybridized carbons (Fsp3) is 0.704. The predicted molar refractivity (Wildman–Crippen MR) is 128 cm³/mol. The van der Waals surface area contributed by atoms with Gasteiger partial charge >= 0.3 is 11.9 Å². The van der Waals surface area contributed by atoms with E-state index in [9.17, 15) is 19.8 Å². The highest BCUT2D eigenvalue weighted by Gasteiger charge is 2.59. The Hall–Kier alpha value is -2.20. The minimum absolute atomic E-state index is 0.0842. The summed E-state index contributed by atoms with van der Waals surface area (Å²) in [5.74, 6) is -2.07. The Morgan fingerprint density at radius 3 is 2.58 bits per heavy atom. The van der Waals surface area contributed by atoms with Crippen molar-refractivity contribution < 1.29 is 43.5 Å². The number of cyclic esters (lactones) is 1. The van der Waals surface area contributed by atoms with Crippen molar-refractivity contribution in [3.63, 3.8) is 0 Å². The number of hydrogen-bond acceptors (Lipinski definition) is 9. The summed E-state index contributed by atoms with van der Waals surface area (Å²) in [5, 5.41) is 19.3. The Labute approximate surface area is 212 Å². The van der Waals surface area contributed by atoms with Crippen LogP contribution in [0.25, 0.3) is 0 Å². The Bertz CT molecular complexity index is 932. The van der Waals surface area contributed by atoms with Crippen molar-refractivity contribution in [1.29, 1.82) is 0 Å². The lowest BCUT2D eigenvalue weighted by molar-refractivity contribution is -0.427. The molecule has 1 spiro atoms. The van der Waals surface area contributed by atoms with Gasteiger partial charge in [-0.25, -0.2) is 0 Å². The molecule has 6 atom stereocenters. The summed E-state index contributed by atoms with van der Waals surface area (Å²) in [6, 6.07) is 7.27. The molecule has 36 heavy (non-hydrogen) atoms. The van der Waals surface area contributed by atoms with Crippen LogP contribution in [0.1, 0.15) is 64.9 Å². The van der Waals surface area contributed by atoms with Crippen LogP contribution in [-0.2, 0) is 39.7 Å². The van der Waals surface area contributed by atoms with Crippen molar-refractivity contribution in [3.05, 3.63) is 29.8 Å². The van der Waals surface area contributed by atoms with E-state index in [-0.39, 0.29) is 30.6 Å². The van der Waals surface area contributed by atoms with Gasteiger partial charge in [0, 0.05) is 17.8 Å². The monoisotopic (exact) mass is 506 g/mol. The first-order chi connectivity index (χ1) is 17.1. The fourth-order valence-corrected chi connectivity index (χ4v) is 5.29. The first kappa shape index (κ1) is 26.9. The van der Waals surface area contributed by atoms with Crippen molar-refractivity contribution in [1.82, 2.24) is 0 Å². The lowest BCUT2D eigenvalue weighted by Gasteiger charge is -2.57. The van der Waals surface area contributed by atoms with E-state index in [4.69, 9.17) is 23.7 Å². The van der Waals surface area contributed by atoms with Crippen LogP contribution in [0.3, 0.4) is 0 Å². The number of carbonyl (C=O) groups is 2. The number of rotatable bonds is 6. The number of aromatic hydroxyl groups is 1. The van der Waals surface area contributed by atoms with Crippen molar-refractivity contribution in [3.8, 4) is 5.75 Å². The van der Waals surface area contributed by atoms with E-state index in [1.54, 1.807) is 12.1 Å². The molecule has 3 aliphatic rings. The molecule has 0 radical (unpaired) electrons. The summed E-state index contributed by atoms with van der Waals surface area (Å²) >= 11 is 0. The number of hydrogen-bond donors (Lipinski definition) is 2. The van der Waals surface area contributed by atoms with E-state index in [2.05, 4.69) is 0 Å².